The van der Waals surface area contributed by atoms with Gasteiger partial charge < -0.3 is 10.3 Å². The molecule has 3 aromatic rings. The van der Waals surface area contributed by atoms with E-state index in [0.717, 1.165) is 18.8 Å². The van der Waals surface area contributed by atoms with Crippen LogP contribution < -0.4 is 10.9 Å². The molecule has 1 aromatic carbocycles. The molecule has 1 amide bonds. The molecule has 0 unspecified atom stereocenters. The molecule has 1 aliphatic heterocycles. The van der Waals surface area contributed by atoms with E-state index < -0.39 is 0 Å². The van der Waals surface area contributed by atoms with Crippen molar-refractivity contribution in [3.8, 4) is 0 Å². The van der Waals surface area contributed by atoms with Crippen LogP contribution in [0.25, 0.3) is 10.2 Å². The Hall–Kier alpha value is -2.51. The fourth-order valence-corrected chi connectivity index (χ4v) is 4.90. The second-order valence-electron chi connectivity index (χ2n) is 7.44. The summed E-state index contributed by atoms with van der Waals surface area (Å²) < 4.78 is 0. The summed E-state index contributed by atoms with van der Waals surface area (Å²) in [7, 11) is 0. The maximum atomic E-state index is 12.8. The Kier molecular flexibility index (Phi) is 5.28. The van der Waals surface area contributed by atoms with Gasteiger partial charge in [-0.3, -0.25) is 14.5 Å². The number of anilines is 1. The molecule has 28 heavy (non-hydrogen) atoms. The summed E-state index contributed by atoms with van der Waals surface area (Å²) in [4.78, 5) is 35.2. The van der Waals surface area contributed by atoms with E-state index in [-0.39, 0.29) is 11.5 Å². The van der Waals surface area contributed by atoms with Gasteiger partial charge in [0.2, 0.25) is 0 Å². The highest BCUT2D eigenvalue weighted by Gasteiger charge is 2.20. The molecule has 0 saturated carbocycles. The van der Waals surface area contributed by atoms with Crippen LogP contribution in [0.4, 0.5) is 5.69 Å². The van der Waals surface area contributed by atoms with E-state index in [1.165, 1.54) is 42.5 Å². The second kappa shape index (κ2) is 7.85. The van der Waals surface area contributed by atoms with Gasteiger partial charge in [-0.2, -0.15) is 0 Å². The van der Waals surface area contributed by atoms with E-state index in [0.29, 0.717) is 26.7 Å². The van der Waals surface area contributed by atoms with Gasteiger partial charge in [0, 0.05) is 18.3 Å². The molecule has 0 radical (unpaired) electrons. The van der Waals surface area contributed by atoms with E-state index in [2.05, 4.69) is 33.2 Å². The van der Waals surface area contributed by atoms with Crippen molar-refractivity contribution in [3.63, 3.8) is 0 Å². The first kappa shape index (κ1) is 18.8. The second-order valence-corrected chi connectivity index (χ2v) is 8.44. The van der Waals surface area contributed by atoms with Crippen LogP contribution in [0.3, 0.4) is 0 Å². The number of thiophene rings is 1. The average Bonchev–Trinajstić information content (AvgIpc) is 3.02. The molecule has 0 spiro atoms. The number of amides is 1. The summed E-state index contributed by atoms with van der Waals surface area (Å²) >= 11 is 1.25. The molecule has 1 atom stereocenters. The average molecular weight is 397 g/mol. The van der Waals surface area contributed by atoms with Crippen molar-refractivity contribution in [3.05, 3.63) is 57.0 Å². The molecule has 0 bridgehead atoms. The van der Waals surface area contributed by atoms with Crippen LogP contribution in [0.15, 0.2) is 35.4 Å². The van der Waals surface area contributed by atoms with E-state index in [1.807, 2.05) is 18.2 Å². The zero-order chi connectivity index (χ0) is 19.7. The molecule has 3 heterocycles. The SMILES string of the molecule is Cc1c(C(=O)Nc2cccc(CN3CCCC[C@@H]3C)c2)sc2nc[nH]c(=O)c12. The Labute approximate surface area is 167 Å². The van der Waals surface area contributed by atoms with E-state index in [9.17, 15) is 9.59 Å². The highest BCUT2D eigenvalue weighted by molar-refractivity contribution is 7.20. The number of aromatic nitrogens is 2. The molecule has 6 nitrogen and oxygen atoms in total. The Bertz CT molecular complexity index is 1070. The number of carbonyl (C=O) groups excluding carboxylic acids is 1. The monoisotopic (exact) mass is 396 g/mol. The number of likely N-dealkylation sites (tertiary alicyclic amines) is 1. The van der Waals surface area contributed by atoms with Gasteiger partial charge in [-0.15, -0.1) is 11.3 Å². The minimum absolute atomic E-state index is 0.205. The number of nitrogens with one attached hydrogen (secondary N) is 2. The lowest BCUT2D eigenvalue weighted by atomic mass is 10.0. The van der Waals surface area contributed by atoms with E-state index in [4.69, 9.17) is 0 Å². The highest BCUT2D eigenvalue weighted by atomic mass is 32.1. The highest BCUT2D eigenvalue weighted by Crippen LogP contribution is 2.27. The van der Waals surface area contributed by atoms with Crippen LogP contribution >= 0.6 is 11.3 Å². The number of H-pyrrole nitrogens is 1. The van der Waals surface area contributed by atoms with Gasteiger partial charge in [-0.25, -0.2) is 4.98 Å². The van der Waals surface area contributed by atoms with Gasteiger partial charge in [0.05, 0.1) is 16.6 Å². The van der Waals surface area contributed by atoms with Crippen molar-refractivity contribution < 1.29 is 4.79 Å². The van der Waals surface area contributed by atoms with Crippen LogP contribution in [0, 0.1) is 6.92 Å². The number of nitrogens with zero attached hydrogens (tertiary/aromatic N) is 2. The third-order valence-electron chi connectivity index (χ3n) is 5.45. The smallest absolute Gasteiger partial charge is 0.266 e. The van der Waals surface area contributed by atoms with Crippen molar-refractivity contribution in [2.45, 2.75) is 45.7 Å². The minimum Gasteiger partial charge on any atom is -0.321 e. The predicted octanol–water partition coefficient (Wildman–Crippen LogP) is 3.92. The van der Waals surface area contributed by atoms with Gasteiger partial charge in [-0.1, -0.05) is 18.6 Å². The zero-order valence-corrected chi connectivity index (χ0v) is 16.9. The number of benzene rings is 1. The zero-order valence-electron chi connectivity index (χ0n) is 16.1. The summed E-state index contributed by atoms with van der Waals surface area (Å²) in [5.41, 5.74) is 2.42. The van der Waals surface area contributed by atoms with Gasteiger partial charge in [-0.05, 0) is 56.5 Å². The standard InChI is InChI=1S/C21H24N4O2S/c1-13-6-3-4-9-25(13)11-15-7-5-8-16(10-15)24-20(27)18-14(2)17-19(26)22-12-23-21(17)28-18/h5,7-8,10,12-13H,3-4,6,9,11H2,1-2H3,(H,24,27)(H,22,23,26)/t13-/m0/s1. The topological polar surface area (TPSA) is 78.1 Å². The Morgan fingerprint density at radius 3 is 3.04 bits per heavy atom. The first-order valence-corrected chi connectivity index (χ1v) is 10.5. The summed E-state index contributed by atoms with van der Waals surface area (Å²) in [6.45, 7) is 6.09. The van der Waals surface area contributed by atoms with Crippen LogP contribution in [0.5, 0.6) is 0 Å². The van der Waals surface area contributed by atoms with Gasteiger partial charge >= 0.3 is 0 Å². The molecule has 7 heteroatoms. The summed E-state index contributed by atoms with van der Waals surface area (Å²) in [6.07, 6.45) is 5.17. The van der Waals surface area contributed by atoms with E-state index >= 15 is 0 Å². The molecule has 146 valence electrons. The lowest BCUT2D eigenvalue weighted by Gasteiger charge is -2.33. The number of carbonyl (C=O) groups is 1. The molecule has 2 N–H and O–H groups in total. The van der Waals surface area contributed by atoms with E-state index in [1.54, 1.807) is 6.92 Å². The van der Waals surface area contributed by atoms with Crippen LogP contribution in [0.1, 0.15) is 47.0 Å². The third-order valence-corrected chi connectivity index (χ3v) is 6.65. The molecule has 0 aliphatic carbocycles. The van der Waals surface area contributed by atoms with Gasteiger partial charge in [0.15, 0.2) is 0 Å². The Morgan fingerprint density at radius 1 is 1.39 bits per heavy atom. The lowest BCUT2D eigenvalue weighted by Crippen LogP contribution is -2.36. The number of aromatic amines is 1. The largest absolute Gasteiger partial charge is 0.321 e. The van der Waals surface area contributed by atoms with Crippen molar-refractivity contribution in [1.29, 1.82) is 0 Å². The predicted molar refractivity (Wildman–Crippen MR) is 113 cm³/mol. The lowest BCUT2D eigenvalue weighted by molar-refractivity contribution is 0.103. The van der Waals surface area contributed by atoms with Crippen molar-refractivity contribution in [1.82, 2.24) is 14.9 Å². The number of aryl methyl sites for hydroxylation is 1. The molecule has 1 saturated heterocycles. The molecule has 1 fully saturated rings. The molecular weight excluding hydrogens is 372 g/mol. The number of hydrogen-bond acceptors (Lipinski definition) is 5. The Morgan fingerprint density at radius 2 is 2.25 bits per heavy atom. The molecule has 4 rings (SSSR count). The fourth-order valence-electron chi connectivity index (χ4n) is 3.86. The first-order valence-electron chi connectivity index (χ1n) is 9.64. The minimum atomic E-state index is -0.213. The van der Waals surface area contributed by atoms with Crippen LogP contribution in [-0.2, 0) is 6.54 Å². The quantitative estimate of drug-likeness (QED) is 0.701. The number of fused-ring (bicyclic) bond motifs is 1. The molecule has 2 aromatic heterocycles. The molecular formula is C21H24N4O2S. The number of piperidine rings is 1. The third kappa shape index (κ3) is 3.72. The fraction of sp³-hybridized carbons (Fsp3) is 0.381. The number of rotatable bonds is 4. The van der Waals surface area contributed by atoms with Crippen molar-refractivity contribution in [2.75, 3.05) is 11.9 Å². The summed E-state index contributed by atoms with van der Waals surface area (Å²) in [5, 5.41) is 3.47. The van der Waals surface area contributed by atoms with Crippen LogP contribution in [-0.4, -0.2) is 33.4 Å². The van der Waals surface area contributed by atoms with Crippen LogP contribution in [0.2, 0.25) is 0 Å². The van der Waals surface area contributed by atoms with Gasteiger partial charge in [0.1, 0.15) is 4.83 Å². The summed E-state index contributed by atoms with van der Waals surface area (Å²) in [6, 6.07) is 8.61. The van der Waals surface area contributed by atoms with Crippen molar-refractivity contribution >= 4 is 33.1 Å². The summed E-state index contributed by atoms with van der Waals surface area (Å²) in [5.74, 6) is -0.205. The first-order chi connectivity index (χ1) is 13.5. The molecule has 1 aliphatic rings. The maximum Gasteiger partial charge on any atom is 0.266 e. The normalized spacial score (nSPS) is 17.7. The van der Waals surface area contributed by atoms with Gasteiger partial charge in [0.25, 0.3) is 11.5 Å². The Balaban J connectivity index is 1.53. The van der Waals surface area contributed by atoms with Crippen molar-refractivity contribution in [2.24, 2.45) is 0 Å². The number of hydrogen-bond donors (Lipinski definition) is 2. The maximum absolute atomic E-state index is 12.8.